The van der Waals surface area contributed by atoms with Gasteiger partial charge in [0.15, 0.2) is 0 Å². The molecule has 1 amide bonds. The van der Waals surface area contributed by atoms with Crippen LogP contribution in [0.5, 0.6) is 0 Å². The number of nitrogens with two attached hydrogens (primary N) is 1. The molecule has 6 heteroatoms. The minimum absolute atomic E-state index is 0. The Balaban J connectivity index is 0. The van der Waals surface area contributed by atoms with Gasteiger partial charge in [0, 0.05) is 24.3 Å². The highest BCUT2D eigenvalue weighted by atomic mass is 35.5. The number of nitrogens with one attached hydrogen (secondary N) is 1. The molecule has 1 aromatic rings. The summed E-state index contributed by atoms with van der Waals surface area (Å²) in [5, 5.41) is 2.89. The fourth-order valence-electron chi connectivity index (χ4n) is 1.65. The standard InChI is InChI=1S/C13H21N3O.2ClH/c1-3-16(4-2)9-8-15-13(17)11-6-5-7-12(14)10-11;;/h5-7,10H,3-4,8-9,14H2,1-2H3,(H,15,17);2*1H. The van der Waals surface area contributed by atoms with Gasteiger partial charge < -0.3 is 16.0 Å². The van der Waals surface area contributed by atoms with Crippen LogP contribution < -0.4 is 11.1 Å². The van der Waals surface area contributed by atoms with Crippen LogP contribution >= 0.6 is 24.8 Å². The van der Waals surface area contributed by atoms with Crippen LogP contribution in [0.1, 0.15) is 24.2 Å². The Labute approximate surface area is 127 Å². The van der Waals surface area contributed by atoms with E-state index in [9.17, 15) is 4.79 Å². The fourth-order valence-corrected chi connectivity index (χ4v) is 1.65. The third-order valence-corrected chi connectivity index (χ3v) is 2.76. The molecular formula is C13H23Cl2N3O. The first kappa shape index (κ1) is 20.3. The summed E-state index contributed by atoms with van der Waals surface area (Å²) in [6, 6.07) is 7.01. The summed E-state index contributed by atoms with van der Waals surface area (Å²) < 4.78 is 0. The molecule has 0 aliphatic carbocycles. The first-order valence-electron chi connectivity index (χ1n) is 6.03. The number of anilines is 1. The van der Waals surface area contributed by atoms with Crippen molar-refractivity contribution < 1.29 is 4.79 Å². The summed E-state index contributed by atoms with van der Waals surface area (Å²) >= 11 is 0. The number of carbonyl (C=O) groups excluding carboxylic acids is 1. The van der Waals surface area contributed by atoms with Gasteiger partial charge in [-0.15, -0.1) is 24.8 Å². The average Bonchev–Trinajstić information content (AvgIpc) is 2.34. The van der Waals surface area contributed by atoms with E-state index in [0.29, 0.717) is 17.8 Å². The molecule has 0 unspecified atom stereocenters. The van der Waals surface area contributed by atoms with Crippen LogP contribution in [0, 0.1) is 0 Å². The van der Waals surface area contributed by atoms with Crippen LogP contribution in [0.4, 0.5) is 5.69 Å². The summed E-state index contributed by atoms with van der Waals surface area (Å²) in [6.45, 7) is 7.78. The second-order valence-electron chi connectivity index (χ2n) is 3.91. The number of nitrogens with zero attached hydrogens (tertiary/aromatic N) is 1. The lowest BCUT2D eigenvalue weighted by Crippen LogP contribution is -2.34. The summed E-state index contributed by atoms with van der Waals surface area (Å²) in [5.74, 6) is -0.0653. The van der Waals surface area contributed by atoms with Crippen molar-refractivity contribution in [2.24, 2.45) is 0 Å². The van der Waals surface area contributed by atoms with Crippen molar-refractivity contribution in [3.63, 3.8) is 0 Å². The number of hydrogen-bond acceptors (Lipinski definition) is 3. The van der Waals surface area contributed by atoms with E-state index >= 15 is 0 Å². The molecule has 19 heavy (non-hydrogen) atoms. The summed E-state index contributed by atoms with van der Waals surface area (Å²) in [7, 11) is 0. The van der Waals surface area contributed by atoms with Gasteiger partial charge in [0.25, 0.3) is 5.91 Å². The normalized spacial score (nSPS) is 9.42. The maximum atomic E-state index is 11.8. The number of carbonyl (C=O) groups is 1. The van der Waals surface area contributed by atoms with Crippen LogP contribution in [0.25, 0.3) is 0 Å². The molecule has 110 valence electrons. The highest BCUT2D eigenvalue weighted by Gasteiger charge is 2.05. The summed E-state index contributed by atoms with van der Waals surface area (Å²) in [5.41, 5.74) is 6.86. The van der Waals surface area contributed by atoms with Crippen molar-refractivity contribution in [2.45, 2.75) is 13.8 Å². The molecule has 0 saturated carbocycles. The number of benzene rings is 1. The monoisotopic (exact) mass is 307 g/mol. The second kappa shape index (κ2) is 10.9. The zero-order valence-corrected chi connectivity index (χ0v) is 13.0. The number of rotatable bonds is 6. The topological polar surface area (TPSA) is 58.4 Å². The van der Waals surface area contributed by atoms with E-state index in [4.69, 9.17) is 5.73 Å². The molecule has 0 saturated heterocycles. The Kier molecular flexibility index (Phi) is 11.7. The summed E-state index contributed by atoms with van der Waals surface area (Å²) in [6.07, 6.45) is 0. The van der Waals surface area contributed by atoms with Crippen LogP contribution in [-0.4, -0.2) is 37.0 Å². The third kappa shape index (κ3) is 7.25. The predicted molar refractivity (Wildman–Crippen MR) is 85.5 cm³/mol. The first-order chi connectivity index (χ1) is 8.17. The SMILES string of the molecule is CCN(CC)CCNC(=O)c1cccc(N)c1.Cl.Cl. The minimum atomic E-state index is -0.0653. The molecule has 0 fully saturated rings. The van der Waals surface area contributed by atoms with Crippen molar-refractivity contribution >= 4 is 36.4 Å². The Morgan fingerprint density at radius 1 is 1.26 bits per heavy atom. The van der Waals surface area contributed by atoms with Crippen LogP contribution in [0.15, 0.2) is 24.3 Å². The van der Waals surface area contributed by atoms with E-state index in [1.165, 1.54) is 0 Å². The van der Waals surface area contributed by atoms with Crippen LogP contribution in [-0.2, 0) is 0 Å². The second-order valence-corrected chi connectivity index (χ2v) is 3.91. The molecule has 1 rings (SSSR count). The first-order valence-corrected chi connectivity index (χ1v) is 6.03. The maximum absolute atomic E-state index is 11.8. The molecule has 0 radical (unpaired) electrons. The van der Waals surface area contributed by atoms with Crippen molar-refractivity contribution in [1.29, 1.82) is 0 Å². The largest absolute Gasteiger partial charge is 0.399 e. The quantitative estimate of drug-likeness (QED) is 0.792. The zero-order chi connectivity index (χ0) is 12.7. The van der Waals surface area contributed by atoms with Gasteiger partial charge >= 0.3 is 0 Å². The van der Waals surface area contributed by atoms with Crippen molar-refractivity contribution in [1.82, 2.24) is 10.2 Å². The lowest BCUT2D eigenvalue weighted by Gasteiger charge is -2.17. The molecule has 0 heterocycles. The number of halogens is 2. The van der Waals surface area contributed by atoms with E-state index in [-0.39, 0.29) is 30.7 Å². The van der Waals surface area contributed by atoms with E-state index < -0.39 is 0 Å². The minimum Gasteiger partial charge on any atom is -0.399 e. The molecule has 0 aromatic heterocycles. The van der Waals surface area contributed by atoms with Gasteiger partial charge in [-0.25, -0.2) is 0 Å². The molecule has 0 spiro atoms. The van der Waals surface area contributed by atoms with Crippen molar-refractivity contribution in [3.05, 3.63) is 29.8 Å². The van der Waals surface area contributed by atoms with Crippen molar-refractivity contribution in [3.8, 4) is 0 Å². The summed E-state index contributed by atoms with van der Waals surface area (Å²) in [4.78, 5) is 14.0. The molecule has 3 N–H and O–H groups in total. The number of likely N-dealkylation sites (N-methyl/N-ethyl adjacent to an activating group) is 1. The predicted octanol–water partition coefficient (Wildman–Crippen LogP) is 2.18. The zero-order valence-electron chi connectivity index (χ0n) is 11.4. The van der Waals surface area contributed by atoms with E-state index in [1.807, 2.05) is 0 Å². The number of hydrogen-bond donors (Lipinski definition) is 2. The molecular weight excluding hydrogens is 285 g/mol. The van der Waals surface area contributed by atoms with Gasteiger partial charge in [-0.1, -0.05) is 19.9 Å². The number of amides is 1. The van der Waals surface area contributed by atoms with E-state index in [1.54, 1.807) is 24.3 Å². The third-order valence-electron chi connectivity index (χ3n) is 2.76. The van der Waals surface area contributed by atoms with E-state index in [0.717, 1.165) is 19.6 Å². The highest BCUT2D eigenvalue weighted by Crippen LogP contribution is 2.05. The Morgan fingerprint density at radius 2 is 1.89 bits per heavy atom. The van der Waals surface area contributed by atoms with E-state index in [2.05, 4.69) is 24.1 Å². The van der Waals surface area contributed by atoms with Crippen molar-refractivity contribution in [2.75, 3.05) is 31.9 Å². The average molecular weight is 308 g/mol. The number of nitrogen functional groups attached to an aromatic ring is 1. The van der Waals surface area contributed by atoms with Crippen LogP contribution in [0.2, 0.25) is 0 Å². The highest BCUT2D eigenvalue weighted by molar-refractivity contribution is 5.94. The molecule has 0 atom stereocenters. The Hall–Kier alpha value is -0.970. The molecule has 0 aliphatic rings. The van der Waals surface area contributed by atoms with Gasteiger partial charge in [0.2, 0.25) is 0 Å². The smallest absolute Gasteiger partial charge is 0.251 e. The lowest BCUT2D eigenvalue weighted by molar-refractivity contribution is 0.0949. The molecule has 4 nitrogen and oxygen atoms in total. The molecule has 0 bridgehead atoms. The maximum Gasteiger partial charge on any atom is 0.251 e. The fraction of sp³-hybridized carbons (Fsp3) is 0.462. The Bertz CT molecular complexity index is 371. The van der Waals surface area contributed by atoms with Gasteiger partial charge in [0.05, 0.1) is 0 Å². The lowest BCUT2D eigenvalue weighted by atomic mass is 10.2. The van der Waals surface area contributed by atoms with Gasteiger partial charge in [0.1, 0.15) is 0 Å². The molecule has 0 aliphatic heterocycles. The van der Waals surface area contributed by atoms with Crippen LogP contribution in [0.3, 0.4) is 0 Å². The van der Waals surface area contributed by atoms with Gasteiger partial charge in [-0.2, -0.15) is 0 Å². The van der Waals surface area contributed by atoms with Gasteiger partial charge in [-0.3, -0.25) is 4.79 Å². The molecule has 1 aromatic carbocycles. The Morgan fingerprint density at radius 3 is 2.42 bits per heavy atom. The van der Waals surface area contributed by atoms with Gasteiger partial charge in [-0.05, 0) is 31.3 Å².